The maximum atomic E-state index is 12.4. The molecule has 2 rings (SSSR count). The average Bonchev–Trinajstić information content (AvgIpc) is 2.54. The zero-order chi connectivity index (χ0) is 15.9. The number of primary amides is 1. The molecule has 0 spiro atoms. The molecule has 5 heteroatoms. The summed E-state index contributed by atoms with van der Waals surface area (Å²) >= 11 is 5.78. The summed E-state index contributed by atoms with van der Waals surface area (Å²) in [4.78, 5) is 25.8. The van der Waals surface area contributed by atoms with Gasteiger partial charge in [-0.05, 0) is 37.2 Å². The fraction of sp³-hybridized carbons (Fsp3) is 0.529. The number of aryl methyl sites for hydroxylation is 1. The smallest absolute Gasteiger partial charge is 0.240 e. The Kier molecular flexibility index (Phi) is 6.25. The van der Waals surface area contributed by atoms with Gasteiger partial charge in [0.2, 0.25) is 11.8 Å². The monoisotopic (exact) mass is 322 g/mol. The van der Waals surface area contributed by atoms with E-state index in [1.165, 1.54) is 0 Å². The number of halogens is 1. The highest BCUT2D eigenvalue weighted by molar-refractivity contribution is 6.17. The second kappa shape index (κ2) is 8.18. The van der Waals surface area contributed by atoms with Gasteiger partial charge in [0.15, 0.2) is 0 Å². The molecule has 0 bridgehead atoms. The van der Waals surface area contributed by atoms with Gasteiger partial charge >= 0.3 is 0 Å². The number of hydrogen-bond acceptors (Lipinski definition) is 2. The zero-order valence-corrected chi connectivity index (χ0v) is 13.5. The van der Waals surface area contributed by atoms with Gasteiger partial charge < -0.3 is 10.6 Å². The molecule has 2 N–H and O–H groups in total. The molecular weight excluding hydrogens is 300 g/mol. The van der Waals surface area contributed by atoms with Crippen LogP contribution in [0.4, 0.5) is 0 Å². The molecule has 0 saturated carbocycles. The van der Waals surface area contributed by atoms with E-state index in [2.05, 4.69) is 0 Å². The van der Waals surface area contributed by atoms with Crippen molar-refractivity contribution in [1.29, 1.82) is 0 Å². The van der Waals surface area contributed by atoms with Crippen LogP contribution >= 0.6 is 11.6 Å². The van der Waals surface area contributed by atoms with Crippen LogP contribution < -0.4 is 5.73 Å². The van der Waals surface area contributed by atoms with E-state index in [0.29, 0.717) is 37.6 Å². The molecular formula is C17H23ClN2O2. The fourth-order valence-electron chi connectivity index (χ4n) is 3.06. The third-order valence-electron chi connectivity index (χ3n) is 4.35. The minimum atomic E-state index is -0.481. The number of piperidine rings is 1. The first-order valence-corrected chi connectivity index (χ1v) is 8.34. The molecule has 1 fully saturated rings. The van der Waals surface area contributed by atoms with Crippen molar-refractivity contribution in [3.63, 3.8) is 0 Å². The van der Waals surface area contributed by atoms with Crippen molar-refractivity contribution in [2.24, 2.45) is 11.7 Å². The summed E-state index contributed by atoms with van der Waals surface area (Å²) in [6, 6.07) is 9.41. The normalized spacial score (nSPS) is 21.6. The molecule has 2 unspecified atom stereocenters. The van der Waals surface area contributed by atoms with Crippen molar-refractivity contribution < 1.29 is 9.59 Å². The minimum absolute atomic E-state index is 0.0111. The van der Waals surface area contributed by atoms with E-state index in [-0.39, 0.29) is 5.91 Å². The van der Waals surface area contributed by atoms with E-state index >= 15 is 0 Å². The first-order valence-electron chi connectivity index (χ1n) is 7.80. The first kappa shape index (κ1) is 16.8. The molecule has 120 valence electrons. The zero-order valence-electron chi connectivity index (χ0n) is 12.7. The summed E-state index contributed by atoms with van der Waals surface area (Å²) < 4.78 is 0. The van der Waals surface area contributed by atoms with Crippen LogP contribution in [-0.2, 0) is 16.0 Å². The van der Waals surface area contributed by atoms with E-state index in [0.717, 1.165) is 18.4 Å². The number of likely N-dealkylation sites (tertiary alicyclic amines) is 1. The summed E-state index contributed by atoms with van der Waals surface area (Å²) in [5.41, 5.74) is 6.62. The van der Waals surface area contributed by atoms with E-state index in [1.54, 1.807) is 4.90 Å². The van der Waals surface area contributed by atoms with Crippen LogP contribution in [0.1, 0.15) is 31.2 Å². The van der Waals surface area contributed by atoms with Gasteiger partial charge in [0, 0.05) is 18.8 Å². The summed E-state index contributed by atoms with van der Waals surface area (Å²) in [7, 11) is 0. The highest BCUT2D eigenvalue weighted by Gasteiger charge is 2.34. The number of carbonyl (C=O) groups excluding carboxylic acids is 2. The molecule has 4 nitrogen and oxygen atoms in total. The van der Waals surface area contributed by atoms with E-state index in [9.17, 15) is 9.59 Å². The second-order valence-electron chi connectivity index (χ2n) is 5.86. The lowest BCUT2D eigenvalue weighted by Crippen LogP contribution is -2.52. The lowest BCUT2D eigenvalue weighted by atomic mass is 9.88. The van der Waals surface area contributed by atoms with Crippen molar-refractivity contribution in [2.45, 2.75) is 38.1 Å². The Balaban J connectivity index is 1.94. The number of nitrogens with zero attached hydrogens (tertiary/aromatic N) is 1. The van der Waals surface area contributed by atoms with Gasteiger partial charge in [0.1, 0.15) is 6.04 Å². The summed E-state index contributed by atoms with van der Waals surface area (Å²) in [5, 5.41) is 0. The van der Waals surface area contributed by atoms with E-state index in [4.69, 9.17) is 17.3 Å². The second-order valence-corrected chi connectivity index (χ2v) is 6.24. The Labute approximate surface area is 136 Å². The molecule has 22 heavy (non-hydrogen) atoms. The Hall–Kier alpha value is -1.55. The predicted molar refractivity (Wildman–Crippen MR) is 87.5 cm³/mol. The van der Waals surface area contributed by atoms with E-state index in [1.807, 2.05) is 30.3 Å². The quantitative estimate of drug-likeness (QED) is 0.817. The molecule has 2 atom stereocenters. The summed E-state index contributed by atoms with van der Waals surface area (Å²) in [5.74, 6) is 0.565. The number of hydrogen-bond donors (Lipinski definition) is 1. The molecule has 0 aromatic heterocycles. The largest absolute Gasteiger partial charge is 0.368 e. The third kappa shape index (κ3) is 4.47. The molecule has 0 radical (unpaired) electrons. The Bertz CT molecular complexity index is 507. The predicted octanol–water partition coefficient (Wildman–Crippen LogP) is 2.34. The number of benzene rings is 1. The number of nitrogens with two attached hydrogens (primary N) is 1. The van der Waals surface area contributed by atoms with Gasteiger partial charge in [-0.2, -0.15) is 0 Å². The lowest BCUT2D eigenvalue weighted by Gasteiger charge is -2.37. The van der Waals surface area contributed by atoms with Crippen LogP contribution in [-0.4, -0.2) is 35.2 Å². The fourth-order valence-corrected chi connectivity index (χ4v) is 3.37. The van der Waals surface area contributed by atoms with E-state index < -0.39 is 11.9 Å². The van der Waals surface area contributed by atoms with Crippen LogP contribution in [0.5, 0.6) is 0 Å². The maximum Gasteiger partial charge on any atom is 0.240 e. The SMILES string of the molecule is NC(=O)C1CC(CCCl)CCN1C(=O)CCc1ccccc1. The third-order valence-corrected chi connectivity index (χ3v) is 4.57. The van der Waals surface area contributed by atoms with Crippen molar-refractivity contribution in [2.75, 3.05) is 12.4 Å². The van der Waals surface area contributed by atoms with Crippen molar-refractivity contribution in [3.05, 3.63) is 35.9 Å². The number of amides is 2. The Morgan fingerprint density at radius 2 is 2.00 bits per heavy atom. The van der Waals surface area contributed by atoms with Crippen molar-refractivity contribution in [3.8, 4) is 0 Å². The Morgan fingerprint density at radius 1 is 1.27 bits per heavy atom. The van der Waals surface area contributed by atoms with Gasteiger partial charge in [-0.25, -0.2) is 0 Å². The first-order chi connectivity index (χ1) is 10.6. The van der Waals surface area contributed by atoms with Crippen LogP contribution in [0, 0.1) is 5.92 Å². The molecule has 1 aromatic rings. The number of rotatable bonds is 6. The van der Waals surface area contributed by atoms with Crippen LogP contribution in [0.3, 0.4) is 0 Å². The average molecular weight is 323 g/mol. The van der Waals surface area contributed by atoms with Gasteiger partial charge in [0.05, 0.1) is 0 Å². The molecule has 1 saturated heterocycles. The lowest BCUT2D eigenvalue weighted by molar-refractivity contribution is -0.142. The highest BCUT2D eigenvalue weighted by Crippen LogP contribution is 2.26. The maximum absolute atomic E-state index is 12.4. The van der Waals surface area contributed by atoms with Gasteiger partial charge in [-0.15, -0.1) is 11.6 Å². The standard InChI is InChI=1S/C17H23ClN2O2/c18-10-8-14-9-11-20(15(12-14)17(19)22)16(21)7-6-13-4-2-1-3-5-13/h1-5,14-15H,6-12H2,(H2,19,22). The molecule has 1 aromatic carbocycles. The van der Waals surface area contributed by atoms with Crippen molar-refractivity contribution >= 4 is 23.4 Å². The van der Waals surface area contributed by atoms with Gasteiger partial charge in [-0.1, -0.05) is 30.3 Å². The van der Waals surface area contributed by atoms with Crippen LogP contribution in [0.25, 0.3) is 0 Å². The number of alkyl halides is 1. The number of carbonyl (C=O) groups is 2. The topological polar surface area (TPSA) is 63.4 Å². The highest BCUT2D eigenvalue weighted by atomic mass is 35.5. The molecule has 0 aliphatic carbocycles. The van der Waals surface area contributed by atoms with Crippen LogP contribution in [0.2, 0.25) is 0 Å². The summed E-state index contributed by atoms with van der Waals surface area (Å²) in [6.07, 6.45) is 3.50. The summed E-state index contributed by atoms with van der Waals surface area (Å²) in [6.45, 7) is 0.600. The van der Waals surface area contributed by atoms with Crippen LogP contribution in [0.15, 0.2) is 30.3 Å². The minimum Gasteiger partial charge on any atom is -0.368 e. The van der Waals surface area contributed by atoms with Crippen molar-refractivity contribution in [1.82, 2.24) is 4.90 Å². The molecule has 2 amide bonds. The molecule has 1 aliphatic heterocycles. The van der Waals surface area contributed by atoms with Gasteiger partial charge in [0.25, 0.3) is 0 Å². The Morgan fingerprint density at radius 3 is 2.64 bits per heavy atom. The van der Waals surface area contributed by atoms with Gasteiger partial charge in [-0.3, -0.25) is 9.59 Å². The molecule has 1 heterocycles. The molecule has 1 aliphatic rings.